The lowest BCUT2D eigenvalue weighted by Gasteiger charge is -2.33. The number of benzene rings is 1. The van der Waals surface area contributed by atoms with Crippen molar-refractivity contribution in [2.75, 3.05) is 6.54 Å². The molecule has 2 heteroatoms. The summed E-state index contributed by atoms with van der Waals surface area (Å²) in [6.07, 6.45) is 7.04. The standard InChI is InChI=1S/C18H28BrN/c1-18(2,3)20-13-17(14-7-5-4-6-8-14)15-9-11-16(19)12-10-15/h9-12,14,17,20H,4-8,13H2,1-3H3. The van der Waals surface area contributed by atoms with Crippen molar-refractivity contribution in [1.29, 1.82) is 0 Å². The number of nitrogens with one attached hydrogen (secondary N) is 1. The van der Waals surface area contributed by atoms with Gasteiger partial charge < -0.3 is 5.32 Å². The zero-order chi connectivity index (χ0) is 14.6. The molecule has 1 fully saturated rings. The zero-order valence-electron chi connectivity index (χ0n) is 13.1. The zero-order valence-corrected chi connectivity index (χ0v) is 14.7. The second-order valence-electron chi connectivity index (χ2n) is 7.19. The second kappa shape index (κ2) is 7.09. The SMILES string of the molecule is CC(C)(C)NCC(c1ccc(Br)cc1)C1CCCCC1. The smallest absolute Gasteiger partial charge is 0.0175 e. The number of rotatable bonds is 4. The van der Waals surface area contributed by atoms with Crippen molar-refractivity contribution >= 4 is 15.9 Å². The van der Waals surface area contributed by atoms with Gasteiger partial charge in [-0.1, -0.05) is 47.3 Å². The van der Waals surface area contributed by atoms with Crippen LogP contribution in [0.5, 0.6) is 0 Å². The van der Waals surface area contributed by atoms with Crippen molar-refractivity contribution < 1.29 is 0 Å². The molecule has 1 nitrogen and oxygen atoms in total. The van der Waals surface area contributed by atoms with E-state index in [2.05, 4.69) is 66.3 Å². The van der Waals surface area contributed by atoms with E-state index in [9.17, 15) is 0 Å². The van der Waals surface area contributed by atoms with Gasteiger partial charge in [-0.3, -0.25) is 0 Å². The minimum Gasteiger partial charge on any atom is -0.311 e. The van der Waals surface area contributed by atoms with E-state index in [1.54, 1.807) is 0 Å². The molecule has 2 rings (SSSR count). The largest absolute Gasteiger partial charge is 0.311 e. The highest BCUT2D eigenvalue weighted by molar-refractivity contribution is 9.10. The first-order valence-electron chi connectivity index (χ1n) is 7.96. The van der Waals surface area contributed by atoms with E-state index in [0.29, 0.717) is 5.92 Å². The van der Waals surface area contributed by atoms with E-state index in [1.165, 1.54) is 42.1 Å². The number of hydrogen-bond acceptors (Lipinski definition) is 1. The third kappa shape index (κ3) is 4.89. The maximum atomic E-state index is 3.72. The van der Waals surface area contributed by atoms with Crippen LogP contribution in [-0.2, 0) is 0 Å². The van der Waals surface area contributed by atoms with Gasteiger partial charge >= 0.3 is 0 Å². The van der Waals surface area contributed by atoms with Crippen LogP contribution < -0.4 is 5.32 Å². The number of halogens is 1. The average Bonchev–Trinajstić information content (AvgIpc) is 2.41. The van der Waals surface area contributed by atoms with Crippen LogP contribution >= 0.6 is 15.9 Å². The Labute approximate surface area is 132 Å². The van der Waals surface area contributed by atoms with Crippen molar-refractivity contribution in [1.82, 2.24) is 5.32 Å². The van der Waals surface area contributed by atoms with Crippen molar-refractivity contribution in [3.05, 3.63) is 34.3 Å². The van der Waals surface area contributed by atoms with E-state index in [0.717, 1.165) is 12.5 Å². The average molecular weight is 338 g/mol. The Morgan fingerprint density at radius 3 is 2.25 bits per heavy atom. The monoisotopic (exact) mass is 337 g/mol. The molecule has 0 heterocycles. The van der Waals surface area contributed by atoms with Crippen LogP contribution in [-0.4, -0.2) is 12.1 Å². The van der Waals surface area contributed by atoms with Gasteiger partial charge in [0, 0.05) is 16.6 Å². The number of hydrogen-bond donors (Lipinski definition) is 1. The maximum absolute atomic E-state index is 3.72. The molecular formula is C18H28BrN. The van der Waals surface area contributed by atoms with Crippen LogP contribution in [0.1, 0.15) is 64.4 Å². The van der Waals surface area contributed by atoms with Crippen LogP contribution in [0.2, 0.25) is 0 Å². The van der Waals surface area contributed by atoms with Crippen LogP contribution in [0.15, 0.2) is 28.7 Å². The third-order valence-corrected chi connectivity index (χ3v) is 4.90. The van der Waals surface area contributed by atoms with Gasteiger partial charge in [0.2, 0.25) is 0 Å². The van der Waals surface area contributed by atoms with Crippen molar-refractivity contribution in [2.24, 2.45) is 5.92 Å². The van der Waals surface area contributed by atoms with Crippen LogP contribution in [0.3, 0.4) is 0 Å². The molecule has 1 aromatic carbocycles. The molecule has 1 aliphatic carbocycles. The first-order chi connectivity index (χ1) is 9.46. The molecule has 0 aromatic heterocycles. The summed E-state index contributed by atoms with van der Waals surface area (Å²) in [7, 11) is 0. The molecule has 1 unspecified atom stereocenters. The molecule has 0 bridgehead atoms. The van der Waals surface area contributed by atoms with Gasteiger partial charge in [-0.05, 0) is 63.1 Å². The molecule has 1 atom stereocenters. The van der Waals surface area contributed by atoms with E-state index in [4.69, 9.17) is 0 Å². The molecule has 1 N–H and O–H groups in total. The fraction of sp³-hybridized carbons (Fsp3) is 0.667. The molecule has 0 aliphatic heterocycles. The quantitative estimate of drug-likeness (QED) is 0.764. The minimum absolute atomic E-state index is 0.197. The Kier molecular flexibility index (Phi) is 5.68. The normalized spacial score (nSPS) is 19.0. The van der Waals surface area contributed by atoms with E-state index < -0.39 is 0 Å². The third-order valence-electron chi connectivity index (χ3n) is 4.37. The van der Waals surface area contributed by atoms with Crippen LogP contribution in [0.25, 0.3) is 0 Å². The van der Waals surface area contributed by atoms with E-state index >= 15 is 0 Å². The summed E-state index contributed by atoms with van der Waals surface area (Å²) in [5.41, 5.74) is 1.69. The molecule has 0 amide bonds. The summed E-state index contributed by atoms with van der Waals surface area (Å²) >= 11 is 3.55. The fourth-order valence-corrected chi connectivity index (χ4v) is 3.48. The van der Waals surface area contributed by atoms with E-state index in [-0.39, 0.29) is 5.54 Å². The Hall–Kier alpha value is -0.340. The lowest BCUT2D eigenvalue weighted by molar-refractivity contribution is 0.280. The predicted molar refractivity (Wildman–Crippen MR) is 91.2 cm³/mol. The van der Waals surface area contributed by atoms with Crippen molar-refractivity contribution in [3.63, 3.8) is 0 Å². The lowest BCUT2D eigenvalue weighted by atomic mass is 9.76. The molecule has 0 radical (unpaired) electrons. The van der Waals surface area contributed by atoms with Gasteiger partial charge in [-0.25, -0.2) is 0 Å². The molecule has 1 aliphatic rings. The first-order valence-corrected chi connectivity index (χ1v) is 8.75. The fourth-order valence-electron chi connectivity index (χ4n) is 3.22. The van der Waals surface area contributed by atoms with Gasteiger partial charge in [0.15, 0.2) is 0 Å². The summed E-state index contributed by atoms with van der Waals surface area (Å²) in [6, 6.07) is 8.96. The predicted octanol–water partition coefficient (Wildman–Crippen LogP) is 5.50. The summed E-state index contributed by atoms with van der Waals surface area (Å²) < 4.78 is 1.17. The highest BCUT2D eigenvalue weighted by atomic mass is 79.9. The van der Waals surface area contributed by atoms with Gasteiger partial charge in [-0.2, -0.15) is 0 Å². The van der Waals surface area contributed by atoms with Crippen molar-refractivity contribution in [3.8, 4) is 0 Å². The highest BCUT2D eigenvalue weighted by Crippen LogP contribution is 2.36. The van der Waals surface area contributed by atoms with Crippen molar-refractivity contribution in [2.45, 2.75) is 64.3 Å². The first kappa shape index (κ1) is 16.0. The summed E-state index contributed by atoms with van der Waals surface area (Å²) in [4.78, 5) is 0. The molecular weight excluding hydrogens is 310 g/mol. The summed E-state index contributed by atoms with van der Waals surface area (Å²) in [5.74, 6) is 1.50. The van der Waals surface area contributed by atoms with Gasteiger partial charge in [0.05, 0.1) is 0 Å². The Balaban J connectivity index is 2.12. The molecule has 0 spiro atoms. The van der Waals surface area contributed by atoms with Gasteiger partial charge in [0.25, 0.3) is 0 Å². The summed E-state index contributed by atoms with van der Waals surface area (Å²) in [5, 5.41) is 3.72. The molecule has 0 saturated heterocycles. The highest BCUT2D eigenvalue weighted by Gasteiger charge is 2.26. The minimum atomic E-state index is 0.197. The van der Waals surface area contributed by atoms with Gasteiger partial charge in [-0.15, -0.1) is 0 Å². The maximum Gasteiger partial charge on any atom is 0.0175 e. The molecule has 1 saturated carbocycles. The van der Waals surface area contributed by atoms with Crippen LogP contribution in [0, 0.1) is 5.92 Å². The van der Waals surface area contributed by atoms with Gasteiger partial charge in [0.1, 0.15) is 0 Å². The Bertz CT molecular complexity index is 398. The Morgan fingerprint density at radius 1 is 1.10 bits per heavy atom. The molecule has 112 valence electrons. The molecule has 1 aromatic rings. The topological polar surface area (TPSA) is 12.0 Å². The Morgan fingerprint density at radius 2 is 1.70 bits per heavy atom. The van der Waals surface area contributed by atoms with E-state index in [1.807, 2.05) is 0 Å². The lowest BCUT2D eigenvalue weighted by Crippen LogP contribution is -2.40. The summed E-state index contributed by atoms with van der Waals surface area (Å²) in [6.45, 7) is 7.86. The molecule has 20 heavy (non-hydrogen) atoms. The second-order valence-corrected chi connectivity index (χ2v) is 8.10. The van der Waals surface area contributed by atoms with Crippen LogP contribution in [0.4, 0.5) is 0 Å².